The zero-order valence-corrected chi connectivity index (χ0v) is 20.8. The first-order chi connectivity index (χ1) is 16.9. The van der Waals surface area contributed by atoms with Crippen molar-refractivity contribution < 1.29 is 23.5 Å². The molecule has 0 radical (unpaired) electrons. The molecule has 1 heterocycles. The highest BCUT2D eigenvalue weighted by Crippen LogP contribution is 2.30. The lowest BCUT2D eigenvalue weighted by molar-refractivity contribution is -0.129. The maximum atomic E-state index is 13.3. The number of ether oxygens (including phenoxy) is 1. The van der Waals surface area contributed by atoms with Crippen molar-refractivity contribution in [1.82, 2.24) is 4.90 Å². The maximum absolute atomic E-state index is 13.3. The van der Waals surface area contributed by atoms with Crippen LogP contribution in [0.3, 0.4) is 0 Å². The Morgan fingerprint density at radius 1 is 1.09 bits per heavy atom. The van der Waals surface area contributed by atoms with Crippen LogP contribution in [0.5, 0.6) is 0 Å². The molecule has 1 atom stereocenters. The lowest BCUT2D eigenvalue weighted by atomic mass is 10.1. The lowest BCUT2D eigenvalue weighted by Crippen LogP contribution is -2.45. The van der Waals surface area contributed by atoms with Crippen LogP contribution in [0.4, 0.5) is 15.8 Å². The summed E-state index contributed by atoms with van der Waals surface area (Å²) in [5, 5.41) is 2.57. The Bertz CT molecular complexity index is 1060. The summed E-state index contributed by atoms with van der Waals surface area (Å²) < 4.78 is 18.0. The average molecular weight is 500 g/mol. The van der Waals surface area contributed by atoms with Crippen LogP contribution in [0.15, 0.2) is 53.5 Å². The second kappa shape index (κ2) is 13.0. The Hall–Kier alpha value is -3.20. The van der Waals surface area contributed by atoms with Crippen molar-refractivity contribution in [3.63, 3.8) is 0 Å². The first-order valence-electron chi connectivity index (χ1n) is 11.7. The van der Waals surface area contributed by atoms with Crippen LogP contribution in [0.2, 0.25) is 0 Å². The van der Waals surface area contributed by atoms with Crippen LogP contribution < -0.4 is 5.32 Å². The summed E-state index contributed by atoms with van der Waals surface area (Å²) in [6.07, 6.45) is 5.31. The van der Waals surface area contributed by atoms with E-state index in [1.54, 1.807) is 41.3 Å². The smallest absolute Gasteiger partial charge is 0.337 e. The van der Waals surface area contributed by atoms with Crippen molar-refractivity contribution in [3.05, 3.63) is 59.9 Å². The van der Waals surface area contributed by atoms with Crippen molar-refractivity contribution in [3.8, 4) is 0 Å². The number of esters is 1. The minimum absolute atomic E-state index is 0.0497. The molecule has 35 heavy (non-hydrogen) atoms. The van der Waals surface area contributed by atoms with E-state index in [-0.39, 0.29) is 24.1 Å². The molecule has 1 unspecified atom stereocenters. The Kier molecular flexibility index (Phi) is 9.84. The number of rotatable bonds is 10. The van der Waals surface area contributed by atoms with E-state index in [1.807, 2.05) is 0 Å². The van der Waals surface area contributed by atoms with Crippen LogP contribution >= 0.6 is 11.8 Å². The van der Waals surface area contributed by atoms with Crippen molar-refractivity contribution in [2.24, 2.45) is 4.99 Å². The highest BCUT2D eigenvalue weighted by Gasteiger charge is 2.35. The molecule has 0 spiro atoms. The Morgan fingerprint density at radius 2 is 1.77 bits per heavy atom. The molecule has 2 amide bonds. The third-order valence-electron chi connectivity index (χ3n) is 5.54. The summed E-state index contributed by atoms with van der Waals surface area (Å²) in [6, 6.07) is 12.0. The number of unbranched alkanes of at least 4 members (excludes halogenated alkanes) is 4. The summed E-state index contributed by atoms with van der Waals surface area (Å²) in [5.74, 6) is -1.33. The van der Waals surface area contributed by atoms with Crippen molar-refractivity contribution in [2.45, 2.75) is 50.7 Å². The Morgan fingerprint density at radius 3 is 2.43 bits per heavy atom. The van der Waals surface area contributed by atoms with Gasteiger partial charge in [-0.3, -0.25) is 14.5 Å². The molecule has 2 aromatic carbocycles. The van der Waals surface area contributed by atoms with E-state index >= 15 is 0 Å². The number of hydrogen-bond acceptors (Lipinski definition) is 6. The molecule has 0 aliphatic carbocycles. The van der Waals surface area contributed by atoms with Crippen molar-refractivity contribution in [1.29, 1.82) is 0 Å². The quantitative estimate of drug-likeness (QED) is 0.342. The standard InChI is InChI=1S/C26H30FN3O4S/c1-3-4-5-6-7-16-30-23(31)17-22(35-26(30)29-21-14-10-19(27)11-15-21)24(32)28-20-12-8-18(9-13-20)25(33)34-2/h8-15,22H,3-7,16-17H2,1-2H3,(H,28,32). The molecule has 186 valence electrons. The number of nitrogens with one attached hydrogen (secondary N) is 1. The molecule has 0 saturated carbocycles. The van der Waals surface area contributed by atoms with Gasteiger partial charge in [0.2, 0.25) is 11.8 Å². The zero-order chi connectivity index (χ0) is 25.2. The van der Waals surface area contributed by atoms with Gasteiger partial charge in [-0.25, -0.2) is 14.2 Å². The number of carbonyl (C=O) groups excluding carboxylic acids is 3. The van der Waals surface area contributed by atoms with Gasteiger partial charge in [-0.1, -0.05) is 44.4 Å². The van der Waals surface area contributed by atoms with Gasteiger partial charge in [0.1, 0.15) is 11.1 Å². The number of anilines is 1. The number of nitrogens with zero attached hydrogens (tertiary/aromatic N) is 2. The van der Waals surface area contributed by atoms with Gasteiger partial charge in [-0.2, -0.15) is 0 Å². The zero-order valence-electron chi connectivity index (χ0n) is 20.0. The van der Waals surface area contributed by atoms with E-state index < -0.39 is 11.2 Å². The molecule has 1 saturated heterocycles. The minimum atomic E-state index is -0.668. The normalized spacial score (nSPS) is 16.9. The van der Waals surface area contributed by atoms with Crippen LogP contribution in [0.1, 0.15) is 55.8 Å². The van der Waals surface area contributed by atoms with Crippen LogP contribution in [-0.4, -0.2) is 46.8 Å². The molecule has 0 aromatic heterocycles. The van der Waals surface area contributed by atoms with E-state index in [1.165, 1.54) is 31.0 Å². The van der Waals surface area contributed by atoms with E-state index in [2.05, 4.69) is 22.0 Å². The fourth-order valence-electron chi connectivity index (χ4n) is 3.59. The first-order valence-corrected chi connectivity index (χ1v) is 12.6. The average Bonchev–Trinajstić information content (AvgIpc) is 2.86. The number of aliphatic imine (C=N–C) groups is 1. The molecule has 7 nitrogen and oxygen atoms in total. The largest absolute Gasteiger partial charge is 0.465 e. The number of amidine groups is 1. The maximum Gasteiger partial charge on any atom is 0.337 e. The second-order valence-electron chi connectivity index (χ2n) is 8.20. The topological polar surface area (TPSA) is 88.1 Å². The monoisotopic (exact) mass is 499 g/mol. The van der Waals surface area contributed by atoms with E-state index in [4.69, 9.17) is 0 Å². The predicted octanol–water partition coefficient (Wildman–Crippen LogP) is 5.54. The predicted molar refractivity (Wildman–Crippen MR) is 136 cm³/mol. The summed E-state index contributed by atoms with van der Waals surface area (Å²) in [7, 11) is 1.30. The van der Waals surface area contributed by atoms with Crippen LogP contribution in [0, 0.1) is 5.82 Å². The van der Waals surface area contributed by atoms with Gasteiger partial charge in [0.05, 0.1) is 18.4 Å². The molecule has 1 fully saturated rings. The van der Waals surface area contributed by atoms with E-state index in [0.717, 1.165) is 32.1 Å². The van der Waals surface area contributed by atoms with E-state index in [0.29, 0.717) is 28.7 Å². The van der Waals surface area contributed by atoms with Gasteiger partial charge in [-0.15, -0.1) is 0 Å². The van der Waals surface area contributed by atoms with Gasteiger partial charge >= 0.3 is 5.97 Å². The molecule has 2 aromatic rings. The van der Waals surface area contributed by atoms with Crippen molar-refractivity contribution >= 4 is 46.1 Å². The molecular formula is C26H30FN3O4S. The second-order valence-corrected chi connectivity index (χ2v) is 9.37. The minimum Gasteiger partial charge on any atom is -0.465 e. The molecule has 3 rings (SSSR count). The number of hydrogen-bond donors (Lipinski definition) is 1. The summed E-state index contributed by atoms with van der Waals surface area (Å²) in [5.41, 5.74) is 1.39. The molecule has 1 aliphatic rings. The van der Waals surface area contributed by atoms with Gasteiger partial charge in [0, 0.05) is 18.7 Å². The number of benzene rings is 2. The number of halogens is 1. The third-order valence-corrected chi connectivity index (χ3v) is 6.73. The highest BCUT2D eigenvalue weighted by atomic mass is 32.2. The Balaban J connectivity index is 1.73. The summed E-state index contributed by atoms with van der Waals surface area (Å²) in [4.78, 5) is 43.8. The molecule has 9 heteroatoms. The highest BCUT2D eigenvalue weighted by molar-refractivity contribution is 8.15. The number of thioether (sulfide) groups is 1. The van der Waals surface area contributed by atoms with Crippen LogP contribution in [0.25, 0.3) is 0 Å². The van der Waals surface area contributed by atoms with Gasteiger partial charge < -0.3 is 10.1 Å². The summed E-state index contributed by atoms with van der Waals surface area (Å²) in [6.45, 7) is 2.68. The first kappa shape index (κ1) is 26.4. The molecule has 1 N–H and O–H groups in total. The number of amides is 2. The van der Waals surface area contributed by atoms with Gasteiger partial charge in [0.25, 0.3) is 0 Å². The van der Waals surface area contributed by atoms with E-state index in [9.17, 15) is 18.8 Å². The van der Waals surface area contributed by atoms with Crippen molar-refractivity contribution in [2.75, 3.05) is 19.0 Å². The molecule has 0 bridgehead atoms. The summed E-state index contributed by atoms with van der Waals surface area (Å²) >= 11 is 1.22. The fraction of sp³-hybridized carbons (Fsp3) is 0.385. The van der Waals surface area contributed by atoms with Gasteiger partial charge in [0.15, 0.2) is 5.17 Å². The molecule has 1 aliphatic heterocycles. The van der Waals surface area contributed by atoms with Crippen LogP contribution in [-0.2, 0) is 14.3 Å². The SMILES string of the molecule is CCCCCCCN1C(=O)CC(C(=O)Nc2ccc(C(=O)OC)cc2)SC1=Nc1ccc(F)cc1. The Labute approximate surface area is 209 Å². The fourth-order valence-corrected chi connectivity index (χ4v) is 4.72. The number of carbonyl (C=O) groups is 3. The third kappa shape index (κ3) is 7.65. The molecular weight excluding hydrogens is 469 g/mol. The lowest BCUT2D eigenvalue weighted by Gasteiger charge is -2.32. The van der Waals surface area contributed by atoms with Gasteiger partial charge in [-0.05, 0) is 55.0 Å². The number of methoxy groups -OCH3 is 1.